The second kappa shape index (κ2) is 6.45. The van der Waals surface area contributed by atoms with Crippen LogP contribution in [0.25, 0.3) is 11.8 Å². The van der Waals surface area contributed by atoms with E-state index in [1.54, 1.807) is 23.2 Å². The van der Waals surface area contributed by atoms with E-state index in [1.165, 1.54) is 6.33 Å². The van der Waals surface area contributed by atoms with E-state index in [1.807, 2.05) is 31.2 Å². The summed E-state index contributed by atoms with van der Waals surface area (Å²) < 4.78 is 3.77. The van der Waals surface area contributed by atoms with Gasteiger partial charge in [-0.15, -0.1) is 0 Å². The number of hydrogen-bond acceptors (Lipinski definition) is 4. The molecule has 0 saturated carbocycles. The number of carbonyl (C=O) groups excluding carboxylic acids is 1. The van der Waals surface area contributed by atoms with Gasteiger partial charge in [0, 0.05) is 17.9 Å². The Morgan fingerprint density at radius 2 is 2.12 bits per heavy atom. The summed E-state index contributed by atoms with van der Waals surface area (Å²) in [6.07, 6.45) is 8.33. The van der Waals surface area contributed by atoms with E-state index in [4.69, 9.17) is 0 Å². The van der Waals surface area contributed by atoms with Gasteiger partial charge in [-0.1, -0.05) is 18.2 Å². The van der Waals surface area contributed by atoms with E-state index in [2.05, 4.69) is 20.7 Å². The van der Waals surface area contributed by atoms with Crippen LogP contribution in [0.5, 0.6) is 0 Å². The molecule has 3 aromatic rings. The highest BCUT2D eigenvalue weighted by Crippen LogP contribution is 2.29. The van der Waals surface area contributed by atoms with E-state index in [9.17, 15) is 10.1 Å². The van der Waals surface area contributed by atoms with Crippen LogP contribution in [0.3, 0.4) is 0 Å². The minimum Gasteiger partial charge on any atom is -0.347 e. The summed E-state index contributed by atoms with van der Waals surface area (Å²) >= 11 is 0. The fourth-order valence-electron chi connectivity index (χ4n) is 3.52. The molecule has 0 N–H and O–H groups in total. The maximum absolute atomic E-state index is 12.7. The highest BCUT2D eigenvalue weighted by atomic mass is 16.1. The molecule has 0 unspecified atom stereocenters. The molecular weight excluding hydrogens is 326 g/mol. The molecule has 6 nitrogen and oxygen atoms in total. The highest BCUT2D eigenvalue weighted by Gasteiger charge is 2.26. The number of carbonyl (C=O) groups is 1. The van der Waals surface area contributed by atoms with Gasteiger partial charge >= 0.3 is 0 Å². The van der Waals surface area contributed by atoms with Gasteiger partial charge in [0.15, 0.2) is 5.78 Å². The molecule has 128 valence electrons. The molecule has 4 rings (SSSR count). The Labute approximate surface area is 151 Å². The van der Waals surface area contributed by atoms with E-state index in [-0.39, 0.29) is 5.78 Å². The summed E-state index contributed by atoms with van der Waals surface area (Å²) in [6, 6.07) is 9.89. The molecule has 0 aliphatic carbocycles. The standard InChI is InChI=1S/C20H17N5O/c1-14-20(17(11-21)18-3-2-10-24(14)18)19(26)9-6-15-4-7-16(8-5-15)25-13-22-12-23-25/h4-9,12-13H,2-3,10H2,1H3. The molecule has 26 heavy (non-hydrogen) atoms. The summed E-state index contributed by atoms with van der Waals surface area (Å²) in [4.78, 5) is 16.6. The number of benzene rings is 1. The Hall–Kier alpha value is -3.46. The molecule has 3 heterocycles. The largest absolute Gasteiger partial charge is 0.347 e. The lowest BCUT2D eigenvalue weighted by atomic mass is 10.0. The fourth-order valence-corrected chi connectivity index (χ4v) is 3.52. The zero-order chi connectivity index (χ0) is 18.1. The molecular formula is C20H17N5O. The van der Waals surface area contributed by atoms with Gasteiger partial charge in [-0.3, -0.25) is 4.79 Å². The first-order chi connectivity index (χ1) is 12.7. The molecule has 0 amide bonds. The smallest absolute Gasteiger partial charge is 0.189 e. The number of nitrogens with zero attached hydrogens (tertiary/aromatic N) is 5. The van der Waals surface area contributed by atoms with Crippen molar-refractivity contribution in [1.82, 2.24) is 19.3 Å². The number of ketones is 1. The molecule has 2 aromatic heterocycles. The summed E-state index contributed by atoms with van der Waals surface area (Å²) in [7, 11) is 0. The summed E-state index contributed by atoms with van der Waals surface area (Å²) in [6.45, 7) is 2.81. The lowest BCUT2D eigenvalue weighted by Crippen LogP contribution is -2.01. The van der Waals surface area contributed by atoms with Crippen LogP contribution in [0.4, 0.5) is 0 Å². The third-order valence-corrected chi connectivity index (χ3v) is 4.79. The Kier molecular flexibility index (Phi) is 3.98. The molecule has 0 spiro atoms. The number of fused-ring (bicyclic) bond motifs is 1. The van der Waals surface area contributed by atoms with Crippen molar-refractivity contribution in [1.29, 1.82) is 5.26 Å². The van der Waals surface area contributed by atoms with Crippen LogP contribution in [0.15, 0.2) is 43.0 Å². The quantitative estimate of drug-likeness (QED) is 0.539. The first kappa shape index (κ1) is 16.0. The van der Waals surface area contributed by atoms with E-state index >= 15 is 0 Å². The van der Waals surface area contributed by atoms with Gasteiger partial charge in [-0.05, 0) is 43.5 Å². The number of nitriles is 1. The zero-order valence-electron chi connectivity index (χ0n) is 14.4. The maximum atomic E-state index is 12.7. The minimum absolute atomic E-state index is 0.124. The first-order valence-electron chi connectivity index (χ1n) is 8.48. The SMILES string of the molecule is Cc1c(C(=O)C=Cc2ccc(-n3cncn3)cc2)c(C#N)c2n1CCC2. The van der Waals surface area contributed by atoms with Crippen LogP contribution in [-0.4, -0.2) is 25.1 Å². The van der Waals surface area contributed by atoms with Crippen LogP contribution in [0.2, 0.25) is 0 Å². The number of rotatable bonds is 4. The Bertz CT molecular complexity index is 1030. The third-order valence-electron chi connectivity index (χ3n) is 4.79. The van der Waals surface area contributed by atoms with E-state index in [0.717, 1.165) is 42.0 Å². The molecule has 0 atom stereocenters. The first-order valence-corrected chi connectivity index (χ1v) is 8.48. The molecule has 0 radical (unpaired) electrons. The number of hydrogen-bond donors (Lipinski definition) is 0. The Morgan fingerprint density at radius 3 is 2.81 bits per heavy atom. The maximum Gasteiger partial charge on any atom is 0.189 e. The van der Waals surface area contributed by atoms with Crippen molar-refractivity contribution in [2.75, 3.05) is 0 Å². The van der Waals surface area contributed by atoms with Crippen LogP contribution in [-0.2, 0) is 13.0 Å². The lowest BCUT2D eigenvalue weighted by Gasteiger charge is -2.02. The summed E-state index contributed by atoms with van der Waals surface area (Å²) in [5.74, 6) is -0.124. The molecule has 0 fully saturated rings. The predicted molar refractivity (Wildman–Crippen MR) is 96.9 cm³/mol. The lowest BCUT2D eigenvalue weighted by molar-refractivity contribution is 0.104. The van der Waals surface area contributed by atoms with Crippen LogP contribution in [0.1, 0.15) is 39.3 Å². The van der Waals surface area contributed by atoms with Crippen LogP contribution < -0.4 is 0 Å². The predicted octanol–water partition coefficient (Wildman–Crippen LogP) is 3.09. The molecule has 0 bridgehead atoms. The average Bonchev–Trinajstić information content (AvgIpc) is 3.39. The summed E-state index contributed by atoms with van der Waals surface area (Å²) in [5, 5.41) is 13.6. The average molecular weight is 343 g/mol. The van der Waals surface area contributed by atoms with Crippen molar-refractivity contribution in [2.24, 2.45) is 0 Å². The van der Waals surface area contributed by atoms with Crippen molar-refractivity contribution in [3.63, 3.8) is 0 Å². The third kappa shape index (κ3) is 2.64. The topological polar surface area (TPSA) is 76.5 Å². The molecule has 1 aliphatic heterocycles. The molecule has 1 aromatic carbocycles. The van der Waals surface area contributed by atoms with Crippen molar-refractivity contribution < 1.29 is 4.79 Å². The normalized spacial score (nSPS) is 13.1. The van der Waals surface area contributed by atoms with Gasteiger partial charge in [0.25, 0.3) is 0 Å². The van der Waals surface area contributed by atoms with Crippen molar-refractivity contribution in [2.45, 2.75) is 26.3 Å². The molecule has 0 saturated heterocycles. The van der Waals surface area contributed by atoms with Gasteiger partial charge in [0.1, 0.15) is 18.7 Å². The highest BCUT2D eigenvalue weighted by molar-refractivity contribution is 6.09. The van der Waals surface area contributed by atoms with Gasteiger partial charge in [-0.25, -0.2) is 9.67 Å². The van der Waals surface area contributed by atoms with E-state index in [0.29, 0.717) is 11.1 Å². The molecule has 1 aliphatic rings. The second-order valence-corrected chi connectivity index (χ2v) is 6.28. The van der Waals surface area contributed by atoms with Gasteiger partial charge in [0.05, 0.1) is 16.8 Å². The minimum atomic E-state index is -0.124. The van der Waals surface area contributed by atoms with E-state index < -0.39 is 0 Å². The van der Waals surface area contributed by atoms with Crippen molar-refractivity contribution in [3.05, 3.63) is 71.1 Å². The summed E-state index contributed by atoms with van der Waals surface area (Å²) in [5.41, 5.74) is 4.78. The Morgan fingerprint density at radius 1 is 1.31 bits per heavy atom. The fraction of sp³-hybridized carbons (Fsp3) is 0.200. The molecule has 6 heteroatoms. The zero-order valence-corrected chi connectivity index (χ0v) is 14.4. The van der Waals surface area contributed by atoms with Crippen LogP contribution in [0, 0.1) is 18.3 Å². The van der Waals surface area contributed by atoms with Gasteiger partial charge in [0.2, 0.25) is 0 Å². The van der Waals surface area contributed by atoms with Gasteiger partial charge in [-0.2, -0.15) is 10.4 Å². The monoisotopic (exact) mass is 343 g/mol. The second-order valence-electron chi connectivity index (χ2n) is 6.28. The van der Waals surface area contributed by atoms with Gasteiger partial charge < -0.3 is 4.57 Å². The van der Waals surface area contributed by atoms with Crippen molar-refractivity contribution in [3.8, 4) is 11.8 Å². The van der Waals surface area contributed by atoms with Crippen LogP contribution >= 0.6 is 0 Å². The van der Waals surface area contributed by atoms with Crippen molar-refractivity contribution >= 4 is 11.9 Å². The number of aromatic nitrogens is 4. The Balaban J connectivity index is 1.58. The number of allylic oxidation sites excluding steroid dienone is 1.